The van der Waals surface area contributed by atoms with Gasteiger partial charge in [0, 0.05) is 29.6 Å². The first-order valence-corrected chi connectivity index (χ1v) is 9.03. The summed E-state index contributed by atoms with van der Waals surface area (Å²) in [6, 6.07) is 0.250. The van der Waals surface area contributed by atoms with Gasteiger partial charge >= 0.3 is 6.18 Å². The van der Waals surface area contributed by atoms with E-state index in [1.165, 1.54) is 12.3 Å². The minimum Gasteiger partial charge on any atom is -0.384 e. The topological polar surface area (TPSA) is 86.7 Å². The number of nitrogens with zero attached hydrogens (tertiary/aromatic N) is 3. The maximum absolute atomic E-state index is 14.4. The van der Waals surface area contributed by atoms with Gasteiger partial charge in [0.15, 0.2) is 23.6 Å². The van der Waals surface area contributed by atoms with Crippen LogP contribution in [0.3, 0.4) is 0 Å². The van der Waals surface area contributed by atoms with Crippen LogP contribution < -0.4 is 5.32 Å². The summed E-state index contributed by atoms with van der Waals surface area (Å²) in [5.41, 5.74) is -0.0465. The summed E-state index contributed by atoms with van der Waals surface area (Å²) in [7, 11) is 0. The molecule has 0 saturated carbocycles. The molecule has 2 atom stereocenters. The predicted molar refractivity (Wildman–Crippen MR) is 101 cm³/mol. The SMILES string of the molecule is CC(C)(C)[C@@H](CC(O)C(F)(F)F)Nc1nc(-c2c[nH]c3ncc(F)cc23)ncc1F. The number of hydrogen-bond acceptors (Lipinski definition) is 5. The number of rotatable bonds is 5. The molecule has 11 heteroatoms. The Bertz CT molecular complexity index is 1040. The molecule has 0 spiro atoms. The molecule has 0 fully saturated rings. The minimum absolute atomic E-state index is 0.0292. The second kappa shape index (κ2) is 7.78. The van der Waals surface area contributed by atoms with Crippen molar-refractivity contribution in [2.75, 3.05) is 5.32 Å². The third kappa shape index (κ3) is 4.66. The van der Waals surface area contributed by atoms with Crippen LogP contribution >= 0.6 is 0 Å². The monoisotopic (exact) mass is 429 g/mol. The number of anilines is 1. The van der Waals surface area contributed by atoms with Crippen molar-refractivity contribution in [1.29, 1.82) is 0 Å². The van der Waals surface area contributed by atoms with Crippen molar-refractivity contribution in [2.24, 2.45) is 5.41 Å². The molecule has 0 aliphatic rings. The van der Waals surface area contributed by atoms with Gasteiger partial charge in [0.1, 0.15) is 11.5 Å². The van der Waals surface area contributed by atoms with E-state index in [4.69, 9.17) is 0 Å². The minimum atomic E-state index is -4.80. The molecule has 1 unspecified atom stereocenters. The van der Waals surface area contributed by atoms with Crippen LogP contribution in [0.5, 0.6) is 0 Å². The van der Waals surface area contributed by atoms with E-state index in [-0.39, 0.29) is 11.6 Å². The van der Waals surface area contributed by atoms with Crippen LogP contribution in [0.15, 0.2) is 24.7 Å². The Morgan fingerprint density at radius 3 is 2.47 bits per heavy atom. The van der Waals surface area contributed by atoms with Gasteiger partial charge < -0.3 is 15.4 Å². The number of aromatic nitrogens is 4. The summed E-state index contributed by atoms with van der Waals surface area (Å²) in [4.78, 5) is 14.7. The van der Waals surface area contributed by atoms with Gasteiger partial charge in [-0.3, -0.25) is 0 Å². The van der Waals surface area contributed by atoms with Gasteiger partial charge in [-0.1, -0.05) is 20.8 Å². The van der Waals surface area contributed by atoms with E-state index >= 15 is 0 Å². The molecule has 3 aromatic rings. The Kier molecular flexibility index (Phi) is 5.68. The Morgan fingerprint density at radius 1 is 1.13 bits per heavy atom. The fourth-order valence-electron chi connectivity index (χ4n) is 2.91. The first-order valence-electron chi connectivity index (χ1n) is 9.03. The van der Waals surface area contributed by atoms with Gasteiger partial charge in [-0.25, -0.2) is 23.7 Å². The van der Waals surface area contributed by atoms with Gasteiger partial charge in [0.2, 0.25) is 0 Å². The number of halogens is 5. The average Bonchev–Trinajstić information content (AvgIpc) is 3.04. The normalized spacial score (nSPS) is 14.7. The van der Waals surface area contributed by atoms with E-state index in [0.717, 1.165) is 12.4 Å². The number of fused-ring (bicyclic) bond motifs is 1. The van der Waals surface area contributed by atoms with Crippen LogP contribution in [0.2, 0.25) is 0 Å². The van der Waals surface area contributed by atoms with Gasteiger partial charge in [-0.05, 0) is 11.5 Å². The second-order valence-corrected chi connectivity index (χ2v) is 8.00. The van der Waals surface area contributed by atoms with Crippen LogP contribution in [0.4, 0.5) is 27.8 Å². The molecule has 0 bridgehead atoms. The zero-order valence-electron chi connectivity index (χ0n) is 16.3. The molecule has 3 heterocycles. The quantitative estimate of drug-likeness (QED) is 0.522. The molecule has 0 radical (unpaired) electrons. The highest BCUT2D eigenvalue weighted by atomic mass is 19.4. The third-order valence-corrected chi connectivity index (χ3v) is 4.68. The van der Waals surface area contributed by atoms with E-state index in [1.807, 2.05) is 0 Å². The molecule has 0 aliphatic carbocycles. The van der Waals surface area contributed by atoms with Gasteiger partial charge in [-0.2, -0.15) is 13.2 Å². The standard InChI is InChI=1S/C19H20F5N5O/c1-18(2,3)13(5-14(30)19(22,23)24)28-17-12(21)8-27-16(29-17)11-7-26-15-10(11)4-9(20)6-25-15/h4,6-8,13-14,30H,5H2,1-3H3,(H,25,26)(H,27,28,29)/t13-,14?/m1/s1. The van der Waals surface area contributed by atoms with Crippen LogP contribution in [0.25, 0.3) is 22.4 Å². The first-order chi connectivity index (χ1) is 13.9. The number of pyridine rings is 1. The highest BCUT2D eigenvalue weighted by Crippen LogP contribution is 2.32. The van der Waals surface area contributed by atoms with Crippen molar-refractivity contribution < 1.29 is 27.1 Å². The Morgan fingerprint density at radius 2 is 1.83 bits per heavy atom. The van der Waals surface area contributed by atoms with Crippen molar-refractivity contribution in [1.82, 2.24) is 19.9 Å². The Hall–Kier alpha value is -2.82. The molecule has 162 valence electrons. The summed E-state index contributed by atoms with van der Waals surface area (Å²) in [5, 5.41) is 12.5. The molecule has 30 heavy (non-hydrogen) atoms. The van der Waals surface area contributed by atoms with Crippen molar-refractivity contribution in [3.63, 3.8) is 0 Å². The molecular formula is C19H20F5N5O. The zero-order chi connectivity index (χ0) is 22.3. The smallest absolute Gasteiger partial charge is 0.384 e. The third-order valence-electron chi connectivity index (χ3n) is 4.68. The summed E-state index contributed by atoms with van der Waals surface area (Å²) in [5.74, 6) is -1.76. The number of nitrogens with one attached hydrogen (secondary N) is 2. The molecule has 6 nitrogen and oxygen atoms in total. The number of aliphatic hydroxyl groups is 1. The number of alkyl halides is 3. The molecule has 3 rings (SSSR count). The fraction of sp³-hybridized carbons (Fsp3) is 0.421. The number of aliphatic hydroxyl groups excluding tert-OH is 1. The van der Waals surface area contributed by atoms with Crippen molar-refractivity contribution in [3.8, 4) is 11.4 Å². The Balaban J connectivity index is 1.96. The molecule has 3 aromatic heterocycles. The van der Waals surface area contributed by atoms with Crippen LogP contribution in [0, 0.1) is 17.0 Å². The largest absolute Gasteiger partial charge is 0.414 e. The highest BCUT2D eigenvalue weighted by molar-refractivity contribution is 5.91. The van der Waals surface area contributed by atoms with Crippen molar-refractivity contribution >= 4 is 16.9 Å². The predicted octanol–water partition coefficient (Wildman–Crippen LogP) is 4.44. The van der Waals surface area contributed by atoms with Gasteiger partial charge in [0.05, 0.1) is 12.4 Å². The molecular weight excluding hydrogens is 409 g/mol. The van der Waals surface area contributed by atoms with Gasteiger partial charge in [-0.15, -0.1) is 0 Å². The lowest BCUT2D eigenvalue weighted by Crippen LogP contribution is -2.42. The van der Waals surface area contributed by atoms with Crippen molar-refractivity contribution in [2.45, 2.75) is 45.5 Å². The van der Waals surface area contributed by atoms with Crippen LogP contribution in [-0.2, 0) is 0 Å². The maximum Gasteiger partial charge on any atom is 0.414 e. The number of hydrogen-bond donors (Lipinski definition) is 3. The van der Waals surface area contributed by atoms with E-state index < -0.39 is 41.8 Å². The van der Waals surface area contributed by atoms with Crippen LogP contribution in [-0.4, -0.2) is 43.4 Å². The van der Waals surface area contributed by atoms with Gasteiger partial charge in [0.25, 0.3) is 0 Å². The number of aromatic amines is 1. The molecule has 0 amide bonds. The van der Waals surface area contributed by atoms with E-state index in [2.05, 4.69) is 25.3 Å². The van der Waals surface area contributed by atoms with Crippen molar-refractivity contribution in [3.05, 3.63) is 36.3 Å². The average molecular weight is 429 g/mol. The van der Waals surface area contributed by atoms with E-state index in [1.54, 1.807) is 20.8 Å². The van der Waals surface area contributed by atoms with E-state index in [9.17, 15) is 27.1 Å². The fourth-order valence-corrected chi connectivity index (χ4v) is 2.91. The molecule has 0 aromatic carbocycles. The molecule has 0 aliphatic heterocycles. The summed E-state index contributed by atoms with van der Waals surface area (Å²) >= 11 is 0. The molecule has 0 saturated heterocycles. The lowest BCUT2D eigenvalue weighted by Gasteiger charge is -2.34. The van der Waals surface area contributed by atoms with E-state index in [0.29, 0.717) is 16.6 Å². The summed E-state index contributed by atoms with van der Waals surface area (Å²) in [6.45, 7) is 4.96. The zero-order valence-corrected chi connectivity index (χ0v) is 16.3. The van der Waals surface area contributed by atoms with Crippen LogP contribution in [0.1, 0.15) is 27.2 Å². The first kappa shape index (κ1) is 21.9. The highest BCUT2D eigenvalue weighted by Gasteiger charge is 2.41. The summed E-state index contributed by atoms with van der Waals surface area (Å²) in [6.07, 6.45) is -4.71. The lowest BCUT2D eigenvalue weighted by molar-refractivity contribution is -0.207. The lowest BCUT2D eigenvalue weighted by atomic mass is 9.83. The molecule has 3 N–H and O–H groups in total. The summed E-state index contributed by atoms with van der Waals surface area (Å²) < 4.78 is 66.4. The second-order valence-electron chi connectivity index (χ2n) is 8.00. The maximum atomic E-state index is 14.4. The Labute approximate surface area is 168 Å². The number of H-pyrrole nitrogens is 1.